The van der Waals surface area contributed by atoms with Crippen molar-refractivity contribution in [3.05, 3.63) is 0 Å². The van der Waals surface area contributed by atoms with Crippen LogP contribution in [0.4, 0.5) is 0 Å². The molecule has 72 valence electrons. The van der Waals surface area contributed by atoms with Gasteiger partial charge in [-0.3, -0.25) is 4.84 Å². The van der Waals surface area contributed by atoms with E-state index in [1.807, 2.05) is 13.8 Å². The van der Waals surface area contributed by atoms with Crippen molar-refractivity contribution in [2.24, 2.45) is 0 Å². The van der Waals surface area contributed by atoms with Gasteiger partial charge in [0.1, 0.15) is 0 Å². The normalized spacial score (nSPS) is 31.0. The van der Waals surface area contributed by atoms with Gasteiger partial charge in [0, 0.05) is 0 Å². The summed E-state index contributed by atoms with van der Waals surface area (Å²) in [7, 11) is 0. The summed E-state index contributed by atoms with van der Waals surface area (Å²) in [5.41, 5.74) is 2.92. The first-order valence-electron chi connectivity index (χ1n) is 4.79. The summed E-state index contributed by atoms with van der Waals surface area (Å²) in [4.78, 5) is 5.24. The lowest BCUT2D eigenvalue weighted by Crippen LogP contribution is -2.42. The van der Waals surface area contributed by atoms with E-state index in [1.54, 1.807) is 0 Å². The molecule has 1 rings (SSSR count). The Morgan fingerprint density at radius 3 is 2.58 bits per heavy atom. The van der Waals surface area contributed by atoms with Gasteiger partial charge in [0.15, 0.2) is 0 Å². The van der Waals surface area contributed by atoms with Crippen LogP contribution in [-0.2, 0) is 4.84 Å². The number of aliphatic hydroxyl groups is 1. The third-order valence-electron chi connectivity index (χ3n) is 2.18. The molecule has 0 saturated heterocycles. The second-order valence-electron chi connectivity index (χ2n) is 3.74. The van der Waals surface area contributed by atoms with E-state index in [0.717, 1.165) is 19.3 Å². The second kappa shape index (κ2) is 4.80. The van der Waals surface area contributed by atoms with Crippen LogP contribution in [0, 0.1) is 0 Å². The van der Waals surface area contributed by atoms with Gasteiger partial charge in [-0.1, -0.05) is 12.8 Å². The summed E-state index contributed by atoms with van der Waals surface area (Å²) < 4.78 is 0. The molecular weight excluding hydrogens is 154 g/mol. The molecule has 0 bridgehead atoms. The van der Waals surface area contributed by atoms with Crippen LogP contribution in [0.15, 0.2) is 0 Å². The summed E-state index contributed by atoms with van der Waals surface area (Å²) >= 11 is 0. The van der Waals surface area contributed by atoms with Crippen molar-refractivity contribution in [3.8, 4) is 0 Å². The molecule has 1 saturated carbocycles. The van der Waals surface area contributed by atoms with Gasteiger partial charge in [0.05, 0.1) is 18.2 Å². The molecule has 3 heteroatoms. The lowest BCUT2D eigenvalue weighted by molar-refractivity contribution is -0.0638. The Morgan fingerprint density at radius 2 is 2.00 bits per heavy atom. The van der Waals surface area contributed by atoms with E-state index in [4.69, 9.17) is 4.84 Å². The summed E-state index contributed by atoms with van der Waals surface area (Å²) in [6.07, 6.45) is 4.21. The first-order chi connectivity index (χ1) is 5.70. The molecule has 0 aromatic heterocycles. The number of rotatable bonds is 3. The fourth-order valence-corrected chi connectivity index (χ4v) is 1.47. The molecule has 1 fully saturated rings. The maximum absolute atomic E-state index is 9.54. The average Bonchev–Trinajstić information content (AvgIpc) is 2.03. The molecular formula is C9H19NO2. The fraction of sp³-hybridized carbons (Fsp3) is 1.00. The molecule has 0 aromatic rings. The van der Waals surface area contributed by atoms with E-state index < -0.39 is 0 Å². The maximum Gasteiger partial charge on any atom is 0.0734 e. The van der Waals surface area contributed by atoms with Gasteiger partial charge in [-0.05, 0) is 26.7 Å². The predicted octanol–water partition coefficient (Wildman–Crippen LogP) is 1.22. The van der Waals surface area contributed by atoms with Gasteiger partial charge < -0.3 is 5.11 Å². The van der Waals surface area contributed by atoms with E-state index in [-0.39, 0.29) is 18.2 Å². The van der Waals surface area contributed by atoms with Crippen molar-refractivity contribution in [2.45, 2.75) is 57.8 Å². The third kappa shape index (κ3) is 3.09. The zero-order chi connectivity index (χ0) is 8.97. The molecule has 0 spiro atoms. The van der Waals surface area contributed by atoms with Crippen LogP contribution in [-0.4, -0.2) is 23.4 Å². The summed E-state index contributed by atoms with van der Waals surface area (Å²) in [5, 5.41) is 9.54. The number of hydroxylamine groups is 1. The molecule has 2 N–H and O–H groups in total. The Kier molecular flexibility index (Phi) is 3.98. The van der Waals surface area contributed by atoms with Crippen LogP contribution >= 0.6 is 0 Å². The lowest BCUT2D eigenvalue weighted by atomic mass is 9.93. The van der Waals surface area contributed by atoms with E-state index in [1.165, 1.54) is 6.42 Å². The SMILES string of the molecule is CC(C)ONC1CCCCC1O. The molecule has 0 aromatic carbocycles. The summed E-state index contributed by atoms with van der Waals surface area (Å²) in [6.45, 7) is 3.95. The second-order valence-corrected chi connectivity index (χ2v) is 3.74. The molecule has 1 aliphatic rings. The minimum absolute atomic E-state index is 0.140. The highest BCUT2D eigenvalue weighted by atomic mass is 16.7. The van der Waals surface area contributed by atoms with Crippen molar-refractivity contribution < 1.29 is 9.94 Å². The zero-order valence-electron chi connectivity index (χ0n) is 7.92. The number of nitrogens with one attached hydrogen (secondary N) is 1. The Hall–Kier alpha value is -0.120. The molecule has 2 unspecified atom stereocenters. The van der Waals surface area contributed by atoms with Crippen LogP contribution < -0.4 is 5.48 Å². The van der Waals surface area contributed by atoms with Gasteiger partial charge in [-0.25, -0.2) is 0 Å². The zero-order valence-corrected chi connectivity index (χ0v) is 7.92. The van der Waals surface area contributed by atoms with Crippen molar-refractivity contribution >= 4 is 0 Å². The van der Waals surface area contributed by atoms with E-state index in [0.29, 0.717) is 0 Å². The lowest BCUT2D eigenvalue weighted by Gasteiger charge is -2.28. The predicted molar refractivity (Wildman–Crippen MR) is 47.6 cm³/mol. The smallest absolute Gasteiger partial charge is 0.0734 e. The highest BCUT2D eigenvalue weighted by Crippen LogP contribution is 2.18. The molecule has 1 aliphatic carbocycles. The van der Waals surface area contributed by atoms with Gasteiger partial charge in [0.25, 0.3) is 0 Å². The van der Waals surface area contributed by atoms with E-state index in [9.17, 15) is 5.11 Å². The largest absolute Gasteiger partial charge is 0.391 e. The number of aliphatic hydroxyl groups excluding tert-OH is 1. The first-order valence-corrected chi connectivity index (χ1v) is 4.79. The highest BCUT2D eigenvalue weighted by molar-refractivity contribution is 4.77. The van der Waals surface area contributed by atoms with Gasteiger partial charge in [-0.2, -0.15) is 5.48 Å². The van der Waals surface area contributed by atoms with Gasteiger partial charge in [-0.15, -0.1) is 0 Å². The Morgan fingerprint density at radius 1 is 1.33 bits per heavy atom. The molecule has 2 atom stereocenters. The maximum atomic E-state index is 9.54. The minimum Gasteiger partial charge on any atom is -0.391 e. The van der Waals surface area contributed by atoms with Gasteiger partial charge in [0.2, 0.25) is 0 Å². The molecule has 3 nitrogen and oxygen atoms in total. The average molecular weight is 173 g/mol. The third-order valence-corrected chi connectivity index (χ3v) is 2.18. The fourth-order valence-electron chi connectivity index (χ4n) is 1.47. The summed E-state index contributed by atoms with van der Waals surface area (Å²) in [6, 6.07) is 0.140. The quantitative estimate of drug-likeness (QED) is 0.630. The van der Waals surface area contributed by atoms with Crippen LogP contribution in [0.1, 0.15) is 39.5 Å². The molecule has 0 radical (unpaired) electrons. The Balaban J connectivity index is 2.20. The van der Waals surface area contributed by atoms with E-state index >= 15 is 0 Å². The molecule has 12 heavy (non-hydrogen) atoms. The summed E-state index contributed by atoms with van der Waals surface area (Å²) in [5.74, 6) is 0. The molecule has 0 heterocycles. The number of hydrogen-bond donors (Lipinski definition) is 2. The van der Waals surface area contributed by atoms with Crippen LogP contribution in [0.25, 0.3) is 0 Å². The van der Waals surface area contributed by atoms with Crippen molar-refractivity contribution in [2.75, 3.05) is 0 Å². The molecule has 0 aliphatic heterocycles. The Bertz CT molecular complexity index is 128. The van der Waals surface area contributed by atoms with Gasteiger partial charge >= 0.3 is 0 Å². The highest BCUT2D eigenvalue weighted by Gasteiger charge is 2.22. The van der Waals surface area contributed by atoms with Crippen LogP contribution in [0.3, 0.4) is 0 Å². The van der Waals surface area contributed by atoms with Crippen molar-refractivity contribution in [1.82, 2.24) is 5.48 Å². The Labute approximate surface area is 74.1 Å². The van der Waals surface area contributed by atoms with Crippen molar-refractivity contribution in [1.29, 1.82) is 0 Å². The van der Waals surface area contributed by atoms with Crippen LogP contribution in [0.5, 0.6) is 0 Å². The van der Waals surface area contributed by atoms with Crippen LogP contribution in [0.2, 0.25) is 0 Å². The minimum atomic E-state index is -0.225. The van der Waals surface area contributed by atoms with E-state index in [2.05, 4.69) is 5.48 Å². The molecule has 0 amide bonds. The standard InChI is InChI=1S/C9H19NO2/c1-7(2)12-10-8-5-3-4-6-9(8)11/h7-11H,3-6H2,1-2H3. The van der Waals surface area contributed by atoms with Crippen molar-refractivity contribution in [3.63, 3.8) is 0 Å². The first kappa shape index (κ1) is 9.96. The topological polar surface area (TPSA) is 41.5 Å². The number of hydrogen-bond acceptors (Lipinski definition) is 3. The monoisotopic (exact) mass is 173 g/mol.